The third-order valence-electron chi connectivity index (χ3n) is 3.23. The lowest BCUT2D eigenvalue weighted by Crippen LogP contribution is -2.32. The number of hydrogen-bond acceptors (Lipinski definition) is 6. The molecule has 7 nitrogen and oxygen atoms in total. The van der Waals surface area contributed by atoms with Crippen LogP contribution in [0.3, 0.4) is 0 Å². The summed E-state index contributed by atoms with van der Waals surface area (Å²) in [6, 6.07) is 3.78. The molecular formula is C15H21N5O2S. The molecule has 124 valence electrons. The van der Waals surface area contributed by atoms with Crippen LogP contribution in [0.1, 0.15) is 13.3 Å². The molecular weight excluding hydrogens is 314 g/mol. The van der Waals surface area contributed by atoms with Gasteiger partial charge in [-0.05, 0) is 25.5 Å². The third kappa shape index (κ3) is 4.77. The van der Waals surface area contributed by atoms with Crippen LogP contribution in [-0.4, -0.2) is 51.2 Å². The van der Waals surface area contributed by atoms with Crippen molar-refractivity contribution in [3.63, 3.8) is 0 Å². The van der Waals surface area contributed by atoms with Crippen molar-refractivity contribution >= 4 is 17.7 Å². The molecule has 8 heteroatoms. The predicted molar refractivity (Wildman–Crippen MR) is 89.1 cm³/mol. The Morgan fingerprint density at radius 2 is 2.30 bits per heavy atom. The Kier molecular flexibility index (Phi) is 6.54. The van der Waals surface area contributed by atoms with Crippen molar-refractivity contribution in [3.8, 4) is 11.4 Å². The van der Waals surface area contributed by atoms with Crippen molar-refractivity contribution in [2.24, 2.45) is 7.05 Å². The molecule has 2 heterocycles. The number of amides is 1. The number of nitrogens with zero attached hydrogens (tertiary/aromatic N) is 4. The minimum Gasteiger partial charge on any atom is -0.385 e. The van der Waals surface area contributed by atoms with Crippen LogP contribution in [-0.2, 0) is 16.6 Å². The second-order valence-corrected chi connectivity index (χ2v) is 6.31. The Morgan fingerprint density at radius 3 is 3.00 bits per heavy atom. The molecule has 2 aromatic rings. The highest BCUT2D eigenvalue weighted by Gasteiger charge is 2.19. The lowest BCUT2D eigenvalue weighted by atomic mass is 10.3. The number of ether oxygens (including phenoxy) is 1. The maximum Gasteiger partial charge on any atom is 0.233 e. The molecule has 0 aromatic carbocycles. The van der Waals surface area contributed by atoms with E-state index in [1.54, 1.807) is 19.5 Å². The fraction of sp³-hybridized carbons (Fsp3) is 0.467. The second kappa shape index (κ2) is 8.64. The molecule has 0 spiro atoms. The Balaban J connectivity index is 1.95. The number of nitrogens with one attached hydrogen (secondary N) is 1. The van der Waals surface area contributed by atoms with Crippen molar-refractivity contribution in [2.75, 3.05) is 20.3 Å². The molecule has 0 aliphatic heterocycles. The summed E-state index contributed by atoms with van der Waals surface area (Å²) in [4.78, 5) is 16.1. The minimum absolute atomic E-state index is 0.0166. The summed E-state index contributed by atoms with van der Waals surface area (Å²) in [6.07, 6.45) is 4.25. The van der Waals surface area contributed by atoms with Gasteiger partial charge in [-0.3, -0.25) is 9.78 Å². The molecule has 2 aromatic heterocycles. The SMILES string of the molecule is COCCCNC(=O)C(C)Sc1nnc(-c2cccnc2)n1C. The number of rotatable bonds is 8. The Morgan fingerprint density at radius 1 is 1.48 bits per heavy atom. The highest BCUT2D eigenvalue weighted by Crippen LogP contribution is 2.25. The van der Waals surface area contributed by atoms with Gasteiger partial charge in [0.05, 0.1) is 5.25 Å². The molecule has 1 amide bonds. The molecule has 0 saturated heterocycles. The average molecular weight is 335 g/mol. The van der Waals surface area contributed by atoms with E-state index in [9.17, 15) is 4.79 Å². The zero-order valence-corrected chi connectivity index (χ0v) is 14.3. The maximum absolute atomic E-state index is 12.1. The third-order valence-corrected chi connectivity index (χ3v) is 4.36. The van der Waals surface area contributed by atoms with Crippen molar-refractivity contribution in [3.05, 3.63) is 24.5 Å². The van der Waals surface area contributed by atoms with Crippen molar-refractivity contribution in [1.82, 2.24) is 25.1 Å². The predicted octanol–water partition coefficient (Wildman–Crippen LogP) is 1.51. The van der Waals surface area contributed by atoms with Crippen LogP contribution in [0.15, 0.2) is 29.7 Å². The molecule has 1 N–H and O–H groups in total. The van der Waals surface area contributed by atoms with Gasteiger partial charge in [-0.2, -0.15) is 0 Å². The number of thioether (sulfide) groups is 1. The summed E-state index contributed by atoms with van der Waals surface area (Å²) in [5.74, 6) is 0.713. The molecule has 1 unspecified atom stereocenters. The van der Waals surface area contributed by atoms with Gasteiger partial charge in [0, 0.05) is 45.3 Å². The summed E-state index contributed by atoms with van der Waals surface area (Å²) in [5, 5.41) is 11.7. The summed E-state index contributed by atoms with van der Waals surface area (Å²) in [7, 11) is 3.53. The van der Waals surface area contributed by atoms with Gasteiger partial charge in [0.2, 0.25) is 5.91 Å². The van der Waals surface area contributed by atoms with Gasteiger partial charge >= 0.3 is 0 Å². The van der Waals surface area contributed by atoms with Crippen LogP contribution < -0.4 is 5.32 Å². The fourth-order valence-electron chi connectivity index (χ4n) is 1.95. The van der Waals surface area contributed by atoms with E-state index in [-0.39, 0.29) is 11.2 Å². The van der Waals surface area contributed by atoms with Gasteiger partial charge in [0.25, 0.3) is 0 Å². The molecule has 0 aliphatic carbocycles. The molecule has 0 radical (unpaired) electrons. The lowest BCUT2D eigenvalue weighted by molar-refractivity contribution is -0.120. The molecule has 0 aliphatic rings. The van der Waals surface area contributed by atoms with E-state index in [0.29, 0.717) is 18.3 Å². The van der Waals surface area contributed by atoms with E-state index in [1.807, 2.05) is 30.7 Å². The number of aromatic nitrogens is 4. The first-order valence-electron chi connectivity index (χ1n) is 7.36. The van der Waals surface area contributed by atoms with Gasteiger partial charge in [-0.1, -0.05) is 11.8 Å². The molecule has 0 fully saturated rings. The summed E-state index contributed by atoms with van der Waals surface area (Å²) in [6.45, 7) is 3.10. The van der Waals surface area contributed by atoms with Gasteiger partial charge in [-0.15, -0.1) is 10.2 Å². The summed E-state index contributed by atoms with van der Waals surface area (Å²) < 4.78 is 6.83. The first kappa shape index (κ1) is 17.4. The molecule has 0 saturated carbocycles. The summed E-state index contributed by atoms with van der Waals surface area (Å²) >= 11 is 1.38. The van der Waals surface area contributed by atoms with E-state index in [1.165, 1.54) is 11.8 Å². The first-order chi connectivity index (χ1) is 11.1. The number of hydrogen-bond donors (Lipinski definition) is 1. The normalized spacial score (nSPS) is 12.1. The van der Waals surface area contributed by atoms with E-state index in [4.69, 9.17) is 4.74 Å². The van der Waals surface area contributed by atoms with Crippen LogP contribution in [0, 0.1) is 0 Å². The van der Waals surface area contributed by atoms with Crippen LogP contribution in [0.5, 0.6) is 0 Å². The molecule has 0 bridgehead atoms. The Hall–Kier alpha value is -1.93. The van der Waals surface area contributed by atoms with Crippen molar-refractivity contribution < 1.29 is 9.53 Å². The van der Waals surface area contributed by atoms with Crippen LogP contribution in [0.4, 0.5) is 0 Å². The maximum atomic E-state index is 12.1. The standard InChI is InChI=1S/C15H21N5O2S/c1-11(14(21)17-8-5-9-22-3)23-15-19-18-13(20(15)2)12-6-4-7-16-10-12/h4,6-7,10-11H,5,8-9H2,1-3H3,(H,17,21). The monoisotopic (exact) mass is 335 g/mol. The van der Waals surface area contributed by atoms with E-state index in [0.717, 1.165) is 17.8 Å². The van der Waals surface area contributed by atoms with E-state index in [2.05, 4.69) is 20.5 Å². The van der Waals surface area contributed by atoms with Gasteiger partial charge in [-0.25, -0.2) is 0 Å². The van der Waals surface area contributed by atoms with Crippen LogP contribution in [0.25, 0.3) is 11.4 Å². The number of methoxy groups -OCH3 is 1. The average Bonchev–Trinajstić information content (AvgIpc) is 2.93. The molecule has 2 rings (SSSR count). The Bertz CT molecular complexity index is 632. The summed E-state index contributed by atoms with van der Waals surface area (Å²) in [5.41, 5.74) is 0.894. The smallest absolute Gasteiger partial charge is 0.233 e. The quantitative estimate of drug-likeness (QED) is 0.582. The van der Waals surface area contributed by atoms with Gasteiger partial charge in [0.1, 0.15) is 0 Å². The fourth-order valence-corrected chi connectivity index (χ4v) is 2.79. The first-order valence-corrected chi connectivity index (χ1v) is 8.24. The number of carbonyl (C=O) groups is 1. The van der Waals surface area contributed by atoms with Crippen LogP contribution in [0.2, 0.25) is 0 Å². The Labute approximate surface area is 139 Å². The van der Waals surface area contributed by atoms with E-state index >= 15 is 0 Å². The molecule has 1 atom stereocenters. The number of carbonyl (C=O) groups excluding carboxylic acids is 1. The van der Waals surface area contributed by atoms with E-state index < -0.39 is 0 Å². The second-order valence-electron chi connectivity index (χ2n) is 5.00. The zero-order chi connectivity index (χ0) is 16.7. The van der Waals surface area contributed by atoms with Crippen molar-refractivity contribution in [2.45, 2.75) is 23.8 Å². The lowest BCUT2D eigenvalue weighted by Gasteiger charge is -2.11. The van der Waals surface area contributed by atoms with Gasteiger partial charge in [0.15, 0.2) is 11.0 Å². The van der Waals surface area contributed by atoms with Crippen molar-refractivity contribution in [1.29, 1.82) is 0 Å². The minimum atomic E-state index is -0.248. The highest BCUT2D eigenvalue weighted by molar-refractivity contribution is 8.00. The van der Waals surface area contributed by atoms with Gasteiger partial charge < -0.3 is 14.6 Å². The largest absolute Gasteiger partial charge is 0.385 e. The van der Waals surface area contributed by atoms with Crippen LogP contribution >= 0.6 is 11.8 Å². The highest BCUT2D eigenvalue weighted by atomic mass is 32.2. The molecule has 23 heavy (non-hydrogen) atoms. The topological polar surface area (TPSA) is 81.9 Å². The number of pyridine rings is 1. The zero-order valence-electron chi connectivity index (χ0n) is 13.5.